The van der Waals surface area contributed by atoms with E-state index in [1.807, 2.05) is 31.3 Å². The Bertz CT molecular complexity index is 1020. The monoisotopic (exact) mass is 258 g/mol. The summed E-state index contributed by atoms with van der Waals surface area (Å²) in [5.74, 6) is 0. The zero-order valence-corrected chi connectivity index (χ0v) is 10.8. The van der Waals surface area contributed by atoms with Gasteiger partial charge in [-0.05, 0) is 24.3 Å². The second-order valence-electron chi connectivity index (χ2n) is 4.79. The minimum absolute atomic E-state index is 0.603. The van der Waals surface area contributed by atoms with Gasteiger partial charge in [0.25, 0.3) is 0 Å². The van der Waals surface area contributed by atoms with Crippen LogP contribution in [-0.2, 0) is 7.05 Å². The lowest BCUT2D eigenvalue weighted by molar-refractivity contribution is 0.992. The summed E-state index contributed by atoms with van der Waals surface area (Å²) in [6, 6.07) is 15.6. The standard InChI is InChI=1S/C16H10N4/c1-20-14-5-3-2-4-11(14)15-16(20)19-12-7-6-10(9-17)8-13(12)18-15/h2-8H,1H3. The van der Waals surface area contributed by atoms with Crippen LogP contribution in [0.4, 0.5) is 0 Å². The fourth-order valence-corrected chi connectivity index (χ4v) is 2.61. The molecular formula is C16H10N4. The first-order valence-electron chi connectivity index (χ1n) is 6.33. The fourth-order valence-electron chi connectivity index (χ4n) is 2.61. The van der Waals surface area contributed by atoms with Crippen LogP contribution in [0.5, 0.6) is 0 Å². The Labute approximate surface area is 114 Å². The van der Waals surface area contributed by atoms with Crippen molar-refractivity contribution in [3.05, 3.63) is 48.0 Å². The van der Waals surface area contributed by atoms with Crippen LogP contribution in [0.2, 0.25) is 0 Å². The number of nitrogens with zero attached hydrogens (tertiary/aromatic N) is 4. The molecule has 0 fully saturated rings. The molecule has 94 valence electrons. The molecule has 4 aromatic rings. The molecule has 0 spiro atoms. The van der Waals surface area contributed by atoms with Gasteiger partial charge in [0.15, 0.2) is 5.65 Å². The van der Waals surface area contributed by atoms with Gasteiger partial charge in [-0.25, -0.2) is 9.97 Å². The van der Waals surface area contributed by atoms with Gasteiger partial charge in [-0.15, -0.1) is 0 Å². The Kier molecular flexibility index (Phi) is 2.07. The Hall–Kier alpha value is -2.93. The van der Waals surface area contributed by atoms with Crippen LogP contribution in [0.1, 0.15) is 5.56 Å². The molecule has 2 aromatic heterocycles. The highest BCUT2D eigenvalue weighted by Gasteiger charge is 2.11. The quantitative estimate of drug-likeness (QED) is 0.487. The number of rotatable bonds is 0. The van der Waals surface area contributed by atoms with E-state index in [9.17, 15) is 0 Å². The van der Waals surface area contributed by atoms with E-state index >= 15 is 0 Å². The zero-order chi connectivity index (χ0) is 13.7. The van der Waals surface area contributed by atoms with E-state index < -0.39 is 0 Å². The van der Waals surface area contributed by atoms with Crippen molar-refractivity contribution in [2.24, 2.45) is 7.05 Å². The average Bonchev–Trinajstić information content (AvgIpc) is 2.78. The first kappa shape index (κ1) is 10.9. The van der Waals surface area contributed by atoms with E-state index in [1.54, 1.807) is 12.1 Å². The number of hydrogen-bond donors (Lipinski definition) is 0. The molecule has 0 atom stereocenters. The molecule has 0 saturated heterocycles. The summed E-state index contributed by atoms with van der Waals surface area (Å²) in [5, 5.41) is 10.1. The van der Waals surface area contributed by atoms with E-state index in [4.69, 9.17) is 10.2 Å². The predicted molar refractivity (Wildman–Crippen MR) is 78.2 cm³/mol. The van der Waals surface area contributed by atoms with Crippen molar-refractivity contribution in [1.82, 2.24) is 14.5 Å². The number of aromatic nitrogens is 3. The highest BCUT2D eigenvalue weighted by molar-refractivity contribution is 6.06. The number of aryl methyl sites for hydroxylation is 1. The maximum absolute atomic E-state index is 8.98. The van der Waals surface area contributed by atoms with Crippen LogP contribution < -0.4 is 0 Å². The molecule has 0 unspecified atom stereocenters. The number of benzene rings is 2. The molecule has 4 nitrogen and oxygen atoms in total. The number of nitriles is 1. The molecule has 4 heteroatoms. The predicted octanol–water partition coefficient (Wildman–Crippen LogP) is 3.15. The van der Waals surface area contributed by atoms with Gasteiger partial charge < -0.3 is 4.57 Å². The molecule has 0 aliphatic carbocycles. The first-order chi connectivity index (χ1) is 9.78. The molecular weight excluding hydrogens is 248 g/mol. The third-order valence-electron chi connectivity index (χ3n) is 3.61. The molecule has 0 bridgehead atoms. The van der Waals surface area contributed by atoms with Crippen molar-refractivity contribution < 1.29 is 0 Å². The topological polar surface area (TPSA) is 54.5 Å². The Morgan fingerprint density at radius 1 is 1.05 bits per heavy atom. The van der Waals surface area contributed by atoms with Gasteiger partial charge in [-0.2, -0.15) is 5.26 Å². The van der Waals surface area contributed by atoms with E-state index in [0.29, 0.717) is 5.56 Å². The molecule has 2 heterocycles. The molecule has 20 heavy (non-hydrogen) atoms. The SMILES string of the molecule is Cn1c2ccccc2c2nc3cc(C#N)ccc3nc21. The maximum Gasteiger partial charge on any atom is 0.160 e. The van der Waals surface area contributed by atoms with E-state index in [0.717, 1.165) is 33.1 Å². The van der Waals surface area contributed by atoms with Crippen LogP contribution in [-0.4, -0.2) is 14.5 Å². The minimum Gasteiger partial charge on any atom is -0.327 e. The number of para-hydroxylation sites is 1. The first-order valence-corrected chi connectivity index (χ1v) is 6.33. The van der Waals surface area contributed by atoms with Crippen molar-refractivity contribution in [1.29, 1.82) is 5.26 Å². The summed E-state index contributed by atoms with van der Waals surface area (Å²) in [5.41, 5.74) is 5.02. The lowest BCUT2D eigenvalue weighted by Gasteiger charge is -1.99. The summed E-state index contributed by atoms with van der Waals surface area (Å²) in [6.45, 7) is 0. The molecule has 2 aromatic carbocycles. The van der Waals surface area contributed by atoms with Gasteiger partial charge in [0.1, 0.15) is 5.52 Å². The van der Waals surface area contributed by atoms with Gasteiger partial charge in [0.05, 0.1) is 28.2 Å². The fraction of sp³-hybridized carbons (Fsp3) is 0.0625. The van der Waals surface area contributed by atoms with E-state index in [-0.39, 0.29) is 0 Å². The summed E-state index contributed by atoms with van der Waals surface area (Å²) in [6.07, 6.45) is 0. The third-order valence-corrected chi connectivity index (χ3v) is 3.61. The molecule has 0 aliphatic heterocycles. The second-order valence-corrected chi connectivity index (χ2v) is 4.79. The Morgan fingerprint density at radius 3 is 2.75 bits per heavy atom. The lowest BCUT2D eigenvalue weighted by atomic mass is 10.2. The van der Waals surface area contributed by atoms with E-state index in [1.165, 1.54) is 0 Å². The summed E-state index contributed by atoms with van der Waals surface area (Å²) in [4.78, 5) is 9.38. The second kappa shape index (κ2) is 3.78. The average molecular weight is 258 g/mol. The van der Waals surface area contributed by atoms with Crippen molar-refractivity contribution >= 4 is 33.1 Å². The molecule has 0 N–H and O–H groups in total. The normalized spacial score (nSPS) is 11.2. The minimum atomic E-state index is 0.603. The lowest BCUT2D eigenvalue weighted by Crippen LogP contribution is -1.92. The highest BCUT2D eigenvalue weighted by Crippen LogP contribution is 2.27. The van der Waals surface area contributed by atoms with Gasteiger partial charge in [0, 0.05) is 12.4 Å². The van der Waals surface area contributed by atoms with Crippen LogP contribution in [0.3, 0.4) is 0 Å². The smallest absolute Gasteiger partial charge is 0.160 e. The van der Waals surface area contributed by atoms with Crippen LogP contribution in [0, 0.1) is 11.3 Å². The van der Waals surface area contributed by atoms with Gasteiger partial charge in [-0.1, -0.05) is 18.2 Å². The number of fused-ring (bicyclic) bond motifs is 4. The Balaban J connectivity index is 2.23. The van der Waals surface area contributed by atoms with E-state index in [2.05, 4.69) is 21.7 Å². The van der Waals surface area contributed by atoms with Crippen molar-refractivity contribution in [3.8, 4) is 6.07 Å². The van der Waals surface area contributed by atoms with Crippen molar-refractivity contribution in [2.45, 2.75) is 0 Å². The summed E-state index contributed by atoms with van der Waals surface area (Å²) < 4.78 is 2.05. The molecule has 0 radical (unpaired) electrons. The molecule has 0 amide bonds. The van der Waals surface area contributed by atoms with Crippen LogP contribution in [0.15, 0.2) is 42.5 Å². The van der Waals surface area contributed by atoms with Crippen molar-refractivity contribution in [2.75, 3.05) is 0 Å². The molecule has 4 rings (SSSR count). The van der Waals surface area contributed by atoms with Crippen LogP contribution in [0.25, 0.3) is 33.1 Å². The van der Waals surface area contributed by atoms with Gasteiger partial charge >= 0.3 is 0 Å². The maximum atomic E-state index is 8.98. The Morgan fingerprint density at radius 2 is 1.90 bits per heavy atom. The highest BCUT2D eigenvalue weighted by atomic mass is 15.0. The third kappa shape index (κ3) is 1.35. The summed E-state index contributed by atoms with van der Waals surface area (Å²) >= 11 is 0. The van der Waals surface area contributed by atoms with Gasteiger partial charge in [-0.3, -0.25) is 0 Å². The largest absolute Gasteiger partial charge is 0.327 e. The number of hydrogen-bond acceptors (Lipinski definition) is 3. The van der Waals surface area contributed by atoms with Crippen LogP contribution >= 0.6 is 0 Å². The zero-order valence-electron chi connectivity index (χ0n) is 10.8. The molecule has 0 aliphatic rings. The van der Waals surface area contributed by atoms with Gasteiger partial charge in [0.2, 0.25) is 0 Å². The summed E-state index contributed by atoms with van der Waals surface area (Å²) in [7, 11) is 1.99. The van der Waals surface area contributed by atoms with Crippen molar-refractivity contribution in [3.63, 3.8) is 0 Å². The molecule has 0 saturated carbocycles.